The summed E-state index contributed by atoms with van der Waals surface area (Å²) in [6, 6.07) is 16.3. The van der Waals surface area contributed by atoms with E-state index < -0.39 is 17.2 Å². The average molecular weight is 391 g/mol. The Hall–Kier alpha value is -3.87. The van der Waals surface area contributed by atoms with Gasteiger partial charge >= 0.3 is 0 Å². The molecule has 0 amide bonds. The quantitative estimate of drug-likeness (QED) is 0.230. The number of benzene rings is 3. The van der Waals surface area contributed by atoms with Crippen LogP contribution in [0.2, 0.25) is 0 Å². The first-order valence-electron chi connectivity index (χ1n) is 8.77. The van der Waals surface area contributed by atoms with Crippen LogP contribution in [0.1, 0.15) is 5.56 Å². The lowest BCUT2D eigenvalue weighted by Gasteiger charge is -2.12. The molecule has 0 N–H and O–H groups in total. The van der Waals surface area contributed by atoms with Gasteiger partial charge in [0.25, 0.3) is 5.56 Å². The predicted octanol–water partition coefficient (Wildman–Crippen LogP) is 3.89. The number of halogens is 2. The third kappa shape index (κ3) is 3.50. The van der Waals surface area contributed by atoms with Crippen molar-refractivity contribution in [3.63, 3.8) is 0 Å². The molecule has 0 saturated heterocycles. The molecule has 4 rings (SSSR count). The van der Waals surface area contributed by atoms with Crippen LogP contribution in [0, 0.1) is 16.8 Å². The third-order valence-electron chi connectivity index (χ3n) is 4.45. The Morgan fingerprint density at radius 3 is 2.38 bits per heavy atom. The van der Waals surface area contributed by atoms with Gasteiger partial charge in [-0.05, 0) is 48.5 Å². The summed E-state index contributed by atoms with van der Waals surface area (Å²) in [5.74, 6) is -0.989. The molecule has 1 heterocycles. The Kier molecular flexibility index (Phi) is 4.64. The van der Waals surface area contributed by atoms with Gasteiger partial charge in [-0.3, -0.25) is 4.79 Å². The zero-order valence-corrected chi connectivity index (χ0v) is 15.3. The van der Waals surface area contributed by atoms with Crippen molar-refractivity contribution < 1.29 is 13.5 Å². The minimum absolute atomic E-state index is 0.146. The first kappa shape index (κ1) is 18.5. The Balaban J connectivity index is 2.05. The van der Waals surface area contributed by atoms with Crippen molar-refractivity contribution in [2.75, 3.05) is 7.05 Å². The number of hydrogen-bond acceptors (Lipinski definition) is 3. The lowest BCUT2D eigenvalue weighted by molar-refractivity contribution is -0.416. The van der Waals surface area contributed by atoms with E-state index in [4.69, 9.17) is 0 Å². The first-order chi connectivity index (χ1) is 13.9. The van der Waals surface area contributed by atoms with E-state index in [0.717, 1.165) is 4.68 Å². The molecule has 0 aliphatic rings. The minimum Gasteiger partial charge on any atom is -0.624 e. The van der Waals surface area contributed by atoms with Crippen LogP contribution in [0.25, 0.3) is 27.7 Å². The molecule has 0 aliphatic carbocycles. The van der Waals surface area contributed by atoms with Gasteiger partial charge in [0.2, 0.25) is 0 Å². The molecule has 0 saturated carbocycles. The first-order valence-corrected chi connectivity index (χ1v) is 8.77. The summed E-state index contributed by atoms with van der Waals surface area (Å²) in [7, 11) is 1.32. The molecule has 144 valence electrons. The van der Waals surface area contributed by atoms with Crippen LogP contribution >= 0.6 is 0 Å². The third-order valence-corrected chi connectivity index (χ3v) is 4.45. The fourth-order valence-corrected chi connectivity index (χ4v) is 3.16. The molecular formula is C22H15F2N3O2. The Morgan fingerprint density at radius 2 is 1.69 bits per heavy atom. The monoisotopic (exact) mass is 391 g/mol. The van der Waals surface area contributed by atoms with E-state index in [1.165, 1.54) is 55.7 Å². The molecule has 7 heteroatoms. The standard InChI is InChI=1S/C22H15F2N3O2/c1-26(29)13-14-6-11-20(24)19(12-14)21-17-4-2-3-5-18(17)22(28)27(25-21)16-9-7-15(23)8-10-16/h2-13H,1H3/b26-13-. The van der Waals surface area contributed by atoms with E-state index in [2.05, 4.69) is 5.10 Å². The maximum Gasteiger partial charge on any atom is 0.279 e. The van der Waals surface area contributed by atoms with Crippen LogP contribution in [-0.2, 0) is 0 Å². The van der Waals surface area contributed by atoms with Gasteiger partial charge < -0.3 is 5.21 Å². The van der Waals surface area contributed by atoms with E-state index in [-0.39, 0.29) is 11.3 Å². The number of nitrogens with zero attached hydrogens (tertiary/aromatic N) is 3. The molecule has 0 unspecified atom stereocenters. The molecule has 0 radical (unpaired) electrons. The van der Waals surface area contributed by atoms with Crippen LogP contribution in [-0.4, -0.2) is 27.8 Å². The van der Waals surface area contributed by atoms with Crippen LogP contribution in [0.4, 0.5) is 8.78 Å². The lowest BCUT2D eigenvalue weighted by atomic mass is 10.0. The summed E-state index contributed by atoms with van der Waals surface area (Å²) >= 11 is 0. The molecule has 0 atom stereocenters. The van der Waals surface area contributed by atoms with E-state index in [1.54, 1.807) is 24.3 Å². The minimum atomic E-state index is -0.544. The molecule has 1 aromatic heterocycles. The normalized spacial score (nSPS) is 11.8. The number of rotatable bonds is 3. The van der Waals surface area contributed by atoms with E-state index in [9.17, 15) is 18.8 Å². The van der Waals surface area contributed by atoms with E-state index >= 15 is 0 Å². The summed E-state index contributed by atoms with van der Waals surface area (Å²) in [6.07, 6.45) is 1.31. The van der Waals surface area contributed by atoms with Gasteiger partial charge in [-0.2, -0.15) is 9.78 Å². The van der Waals surface area contributed by atoms with E-state index in [1.807, 2.05) is 0 Å². The Bertz CT molecular complexity index is 1310. The largest absolute Gasteiger partial charge is 0.624 e. The van der Waals surface area contributed by atoms with Gasteiger partial charge in [-0.1, -0.05) is 18.2 Å². The molecular weight excluding hydrogens is 376 g/mol. The number of aromatic nitrogens is 2. The molecule has 29 heavy (non-hydrogen) atoms. The lowest BCUT2D eigenvalue weighted by Crippen LogP contribution is -2.22. The topological polar surface area (TPSA) is 61.0 Å². The number of hydrogen-bond donors (Lipinski definition) is 0. The predicted molar refractivity (Wildman–Crippen MR) is 107 cm³/mol. The second kappa shape index (κ2) is 7.27. The summed E-state index contributed by atoms with van der Waals surface area (Å²) in [4.78, 5) is 13.0. The van der Waals surface area contributed by atoms with Crippen molar-refractivity contribution >= 4 is 17.0 Å². The summed E-state index contributed by atoms with van der Waals surface area (Å²) in [6.45, 7) is 0. The van der Waals surface area contributed by atoms with Gasteiger partial charge in [-0.15, -0.1) is 0 Å². The molecule has 3 aromatic carbocycles. The van der Waals surface area contributed by atoms with Gasteiger partial charge in [0.05, 0.1) is 11.1 Å². The molecule has 0 spiro atoms. The smallest absolute Gasteiger partial charge is 0.279 e. The van der Waals surface area contributed by atoms with Crippen LogP contribution in [0.5, 0.6) is 0 Å². The fourth-order valence-electron chi connectivity index (χ4n) is 3.16. The highest BCUT2D eigenvalue weighted by atomic mass is 19.1. The summed E-state index contributed by atoms with van der Waals surface area (Å²) in [5, 5.41) is 16.6. The van der Waals surface area contributed by atoms with Crippen LogP contribution < -0.4 is 5.56 Å². The Labute approximate surface area is 164 Å². The molecule has 4 aromatic rings. The maximum atomic E-state index is 14.7. The second-order valence-electron chi connectivity index (χ2n) is 6.50. The van der Waals surface area contributed by atoms with Crippen molar-refractivity contribution in [1.82, 2.24) is 9.78 Å². The highest BCUT2D eigenvalue weighted by Crippen LogP contribution is 2.28. The van der Waals surface area contributed by atoms with Gasteiger partial charge in [-0.25, -0.2) is 13.5 Å². The number of hydroxylamine groups is 1. The molecule has 0 fully saturated rings. The van der Waals surface area contributed by atoms with Gasteiger partial charge in [0.1, 0.15) is 24.4 Å². The highest BCUT2D eigenvalue weighted by molar-refractivity contribution is 5.95. The molecule has 5 nitrogen and oxygen atoms in total. The zero-order valence-electron chi connectivity index (χ0n) is 15.3. The van der Waals surface area contributed by atoms with E-state index in [0.29, 0.717) is 26.8 Å². The van der Waals surface area contributed by atoms with Crippen molar-refractivity contribution in [2.45, 2.75) is 0 Å². The second-order valence-corrected chi connectivity index (χ2v) is 6.50. The van der Waals surface area contributed by atoms with Crippen LogP contribution in [0.3, 0.4) is 0 Å². The van der Waals surface area contributed by atoms with Gasteiger partial charge in [0, 0.05) is 16.5 Å². The zero-order chi connectivity index (χ0) is 20.5. The molecule has 0 aliphatic heterocycles. The van der Waals surface area contributed by atoms with Crippen LogP contribution in [0.15, 0.2) is 71.5 Å². The Morgan fingerprint density at radius 1 is 1.00 bits per heavy atom. The van der Waals surface area contributed by atoms with Crippen molar-refractivity contribution in [3.05, 3.63) is 99.5 Å². The van der Waals surface area contributed by atoms with Gasteiger partial charge in [0.15, 0.2) is 6.21 Å². The SMILES string of the molecule is C/[N+]([O-])=C/c1ccc(F)c(-c2nn(-c3ccc(F)cc3)c(=O)c3ccccc23)c1. The molecule has 0 bridgehead atoms. The van der Waals surface area contributed by atoms with Crippen molar-refractivity contribution in [2.24, 2.45) is 0 Å². The van der Waals surface area contributed by atoms with Crippen molar-refractivity contribution in [1.29, 1.82) is 0 Å². The maximum absolute atomic E-state index is 14.7. The average Bonchev–Trinajstić information content (AvgIpc) is 2.71. The summed E-state index contributed by atoms with van der Waals surface area (Å²) < 4.78 is 29.8. The number of fused-ring (bicyclic) bond motifs is 1. The van der Waals surface area contributed by atoms with Crippen molar-refractivity contribution in [3.8, 4) is 16.9 Å². The fraction of sp³-hybridized carbons (Fsp3) is 0.0455. The highest BCUT2D eigenvalue weighted by Gasteiger charge is 2.17. The summed E-state index contributed by atoms with van der Waals surface area (Å²) in [5.41, 5.74) is 0.826.